The topological polar surface area (TPSA) is 55.4 Å². The summed E-state index contributed by atoms with van der Waals surface area (Å²) in [4.78, 5) is 22.6. The Hall–Kier alpha value is -1.06. The minimum atomic E-state index is -0.477. The Labute approximate surface area is 96.7 Å². The molecule has 0 saturated heterocycles. The SMILES string of the molecule is CC(NC(=O)OC(C)(C)C)C1CCC(=O)C1. The summed E-state index contributed by atoms with van der Waals surface area (Å²) in [6.07, 6.45) is 1.69. The summed E-state index contributed by atoms with van der Waals surface area (Å²) in [6.45, 7) is 7.41. The molecule has 0 bridgehead atoms. The van der Waals surface area contributed by atoms with E-state index in [1.165, 1.54) is 0 Å². The van der Waals surface area contributed by atoms with Gasteiger partial charge in [-0.1, -0.05) is 0 Å². The highest BCUT2D eigenvalue weighted by atomic mass is 16.6. The summed E-state index contributed by atoms with van der Waals surface area (Å²) < 4.78 is 5.16. The third-order valence-electron chi connectivity index (χ3n) is 2.74. The molecule has 0 heterocycles. The van der Waals surface area contributed by atoms with Gasteiger partial charge in [-0.15, -0.1) is 0 Å². The number of hydrogen-bond acceptors (Lipinski definition) is 3. The molecule has 1 N–H and O–H groups in total. The molecule has 1 fully saturated rings. The summed E-state index contributed by atoms with van der Waals surface area (Å²) in [5.74, 6) is 0.558. The molecule has 1 saturated carbocycles. The van der Waals surface area contributed by atoms with Crippen molar-refractivity contribution in [2.24, 2.45) is 5.92 Å². The van der Waals surface area contributed by atoms with Gasteiger partial charge in [0.25, 0.3) is 0 Å². The average Bonchev–Trinajstić information content (AvgIpc) is 2.47. The molecule has 2 atom stereocenters. The number of rotatable bonds is 2. The minimum Gasteiger partial charge on any atom is -0.444 e. The molecule has 4 nitrogen and oxygen atoms in total. The van der Waals surface area contributed by atoms with E-state index in [0.717, 1.165) is 6.42 Å². The number of carbonyl (C=O) groups excluding carboxylic acids is 2. The Morgan fingerprint density at radius 2 is 2.12 bits per heavy atom. The lowest BCUT2D eigenvalue weighted by atomic mass is 10.00. The first-order valence-corrected chi connectivity index (χ1v) is 5.79. The summed E-state index contributed by atoms with van der Waals surface area (Å²) in [7, 11) is 0. The summed E-state index contributed by atoms with van der Waals surface area (Å²) in [5, 5.41) is 2.79. The van der Waals surface area contributed by atoms with Crippen molar-refractivity contribution in [2.75, 3.05) is 0 Å². The fraction of sp³-hybridized carbons (Fsp3) is 0.833. The van der Waals surface area contributed by atoms with Crippen molar-refractivity contribution >= 4 is 11.9 Å². The van der Waals surface area contributed by atoms with E-state index in [9.17, 15) is 9.59 Å². The van der Waals surface area contributed by atoms with Gasteiger partial charge in [0.05, 0.1) is 0 Å². The van der Waals surface area contributed by atoms with E-state index >= 15 is 0 Å². The monoisotopic (exact) mass is 227 g/mol. The normalized spacial score (nSPS) is 23.0. The van der Waals surface area contributed by atoms with Crippen LogP contribution in [0.5, 0.6) is 0 Å². The van der Waals surface area contributed by atoms with Crippen molar-refractivity contribution in [3.05, 3.63) is 0 Å². The van der Waals surface area contributed by atoms with Gasteiger partial charge in [0, 0.05) is 18.9 Å². The largest absolute Gasteiger partial charge is 0.444 e. The van der Waals surface area contributed by atoms with Crippen LogP contribution in [-0.2, 0) is 9.53 Å². The Morgan fingerprint density at radius 1 is 1.50 bits per heavy atom. The maximum atomic E-state index is 11.5. The highest BCUT2D eigenvalue weighted by Gasteiger charge is 2.28. The van der Waals surface area contributed by atoms with Gasteiger partial charge in [-0.3, -0.25) is 4.79 Å². The van der Waals surface area contributed by atoms with Crippen molar-refractivity contribution in [3.8, 4) is 0 Å². The third-order valence-corrected chi connectivity index (χ3v) is 2.74. The Bertz CT molecular complexity index is 280. The van der Waals surface area contributed by atoms with E-state index in [-0.39, 0.29) is 12.0 Å². The maximum absolute atomic E-state index is 11.5. The Kier molecular flexibility index (Phi) is 3.94. The summed E-state index contributed by atoms with van der Waals surface area (Å²) >= 11 is 0. The number of carbonyl (C=O) groups is 2. The van der Waals surface area contributed by atoms with E-state index in [1.807, 2.05) is 27.7 Å². The first-order valence-electron chi connectivity index (χ1n) is 5.79. The van der Waals surface area contributed by atoms with Crippen LogP contribution in [0.2, 0.25) is 0 Å². The molecular formula is C12H21NO3. The van der Waals surface area contributed by atoms with Crippen LogP contribution in [0.4, 0.5) is 4.79 Å². The molecule has 1 rings (SSSR count). The van der Waals surface area contributed by atoms with Gasteiger partial charge < -0.3 is 10.1 Å². The number of alkyl carbamates (subject to hydrolysis) is 1. The second kappa shape index (κ2) is 4.85. The Balaban J connectivity index is 2.36. The minimum absolute atomic E-state index is 0.00120. The molecule has 92 valence electrons. The molecule has 1 aliphatic rings. The third kappa shape index (κ3) is 4.21. The van der Waals surface area contributed by atoms with E-state index in [1.54, 1.807) is 0 Å². The first-order chi connectivity index (χ1) is 7.28. The molecule has 0 radical (unpaired) electrons. The quantitative estimate of drug-likeness (QED) is 0.787. The van der Waals surface area contributed by atoms with Crippen LogP contribution >= 0.6 is 0 Å². The number of ether oxygens (including phenoxy) is 1. The average molecular weight is 227 g/mol. The van der Waals surface area contributed by atoms with E-state index < -0.39 is 11.7 Å². The van der Waals surface area contributed by atoms with Gasteiger partial charge >= 0.3 is 6.09 Å². The van der Waals surface area contributed by atoms with Crippen LogP contribution in [0.15, 0.2) is 0 Å². The predicted molar refractivity (Wildman–Crippen MR) is 61.2 cm³/mol. The summed E-state index contributed by atoms with van der Waals surface area (Å²) in [5.41, 5.74) is -0.477. The lowest BCUT2D eigenvalue weighted by Gasteiger charge is -2.24. The summed E-state index contributed by atoms with van der Waals surface area (Å²) in [6, 6.07) is 0.00120. The molecule has 16 heavy (non-hydrogen) atoms. The predicted octanol–water partition coefficient (Wildman–Crippen LogP) is 2.27. The molecule has 1 aliphatic carbocycles. The number of amides is 1. The van der Waals surface area contributed by atoms with Gasteiger partial charge in [0.1, 0.15) is 11.4 Å². The zero-order valence-corrected chi connectivity index (χ0v) is 10.5. The standard InChI is InChI=1S/C12H21NO3/c1-8(9-5-6-10(14)7-9)13-11(15)16-12(2,3)4/h8-9H,5-7H2,1-4H3,(H,13,15). The molecule has 0 aliphatic heterocycles. The number of Topliss-reactive ketones (excluding diaryl/α,β-unsaturated/α-hetero) is 1. The lowest BCUT2D eigenvalue weighted by molar-refractivity contribution is -0.117. The van der Waals surface area contributed by atoms with Crippen LogP contribution in [0, 0.1) is 5.92 Å². The molecule has 0 spiro atoms. The number of nitrogens with one attached hydrogen (secondary N) is 1. The molecule has 0 aromatic rings. The highest BCUT2D eigenvalue weighted by Crippen LogP contribution is 2.25. The smallest absolute Gasteiger partial charge is 0.407 e. The van der Waals surface area contributed by atoms with Crippen LogP contribution in [0.25, 0.3) is 0 Å². The molecule has 2 unspecified atom stereocenters. The van der Waals surface area contributed by atoms with Crippen molar-refractivity contribution in [2.45, 2.75) is 58.6 Å². The van der Waals surface area contributed by atoms with Gasteiger partial charge in [0.15, 0.2) is 0 Å². The highest BCUT2D eigenvalue weighted by molar-refractivity contribution is 5.80. The Morgan fingerprint density at radius 3 is 2.56 bits per heavy atom. The zero-order valence-electron chi connectivity index (χ0n) is 10.5. The second-order valence-electron chi connectivity index (χ2n) is 5.48. The molecule has 0 aromatic carbocycles. The van der Waals surface area contributed by atoms with Gasteiger partial charge in [-0.2, -0.15) is 0 Å². The maximum Gasteiger partial charge on any atom is 0.407 e. The molecular weight excluding hydrogens is 206 g/mol. The van der Waals surface area contributed by atoms with Gasteiger partial charge in [-0.25, -0.2) is 4.79 Å². The zero-order chi connectivity index (χ0) is 12.3. The van der Waals surface area contributed by atoms with Crippen LogP contribution in [-0.4, -0.2) is 23.5 Å². The lowest BCUT2D eigenvalue weighted by Crippen LogP contribution is -2.40. The number of hydrogen-bond donors (Lipinski definition) is 1. The van der Waals surface area contributed by atoms with E-state index in [4.69, 9.17) is 4.74 Å². The van der Waals surface area contributed by atoms with Crippen molar-refractivity contribution in [1.82, 2.24) is 5.32 Å². The van der Waals surface area contributed by atoms with Crippen molar-refractivity contribution < 1.29 is 14.3 Å². The molecule has 1 amide bonds. The second-order valence-corrected chi connectivity index (χ2v) is 5.48. The van der Waals surface area contributed by atoms with Crippen LogP contribution in [0.3, 0.4) is 0 Å². The van der Waals surface area contributed by atoms with Crippen molar-refractivity contribution in [1.29, 1.82) is 0 Å². The van der Waals surface area contributed by atoms with Gasteiger partial charge in [-0.05, 0) is 40.0 Å². The molecule has 4 heteroatoms. The number of ketones is 1. The molecule has 0 aromatic heterocycles. The van der Waals surface area contributed by atoms with Crippen LogP contribution in [0.1, 0.15) is 47.0 Å². The van der Waals surface area contributed by atoms with Crippen LogP contribution < -0.4 is 5.32 Å². The van der Waals surface area contributed by atoms with Gasteiger partial charge in [0.2, 0.25) is 0 Å². The fourth-order valence-electron chi connectivity index (χ4n) is 1.88. The fourth-order valence-corrected chi connectivity index (χ4v) is 1.88. The van der Waals surface area contributed by atoms with Crippen molar-refractivity contribution in [3.63, 3.8) is 0 Å². The van der Waals surface area contributed by atoms with E-state index in [2.05, 4.69) is 5.32 Å². The first kappa shape index (κ1) is 13.0. The van der Waals surface area contributed by atoms with E-state index in [0.29, 0.717) is 18.6 Å².